The van der Waals surface area contributed by atoms with E-state index in [0.29, 0.717) is 28.8 Å². The van der Waals surface area contributed by atoms with Crippen LogP contribution in [-0.2, 0) is 9.59 Å². The molecule has 34 heavy (non-hydrogen) atoms. The van der Waals surface area contributed by atoms with Gasteiger partial charge in [-0.05, 0) is 66.5 Å². The average molecular weight is 498 g/mol. The van der Waals surface area contributed by atoms with Gasteiger partial charge in [-0.1, -0.05) is 35.4 Å². The zero-order valence-corrected chi connectivity index (χ0v) is 19.8. The second kappa shape index (κ2) is 7.85. The quantitative estimate of drug-likeness (QED) is 0.325. The topological polar surface area (TPSA) is 72.9 Å². The molecule has 2 amide bonds. The molecular weight excluding hydrogens is 477 g/mol. The maximum atomic E-state index is 13.3. The van der Waals surface area contributed by atoms with Crippen LogP contribution >= 0.6 is 23.2 Å². The van der Waals surface area contributed by atoms with E-state index in [4.69, 9.17) is 32.7 Å². The normalized spacial score (nSPS) is 30.3. The third-order valence-corrected chi connectivity index (χ3v) is 8.23. The molecule has 1 aliphatic heterocycles. The van der Waals surface area contributed by atoms with Crippen molar-refractivity contribution >= 4 is 46.5 Å². The number of allylic oxidation sites excluding steroid dienone is 2. The summed E-state index contributed by atoms with van der Waals surface area (Å²) in [6.07, 6.45) is 5.37. The highest BCUT2D eigenvalue weighted by atomic mass is 35.5. The lowest BCUT2D eigenvalue weighted by molar-refractivity contribution is -0.124. The second-order valence-electron chi connectivity index (χ2n) is 9.35. The van der Waals surface area contributed by atoms with E-state index in [1.807, 2.05) is 0 Å². The van der Waals surface area contributed by atoms with Crippen LogP contribution in [0.2, 0.25) is 10.0 Å². The van der Waals surface area contributed by atoms with E-state index >= 15 is 0 Å². The SMILES string of the molecule is COc1ccc(C(=O)COc2c(Cl)cc(N3C(=O)[C@@H]4[C@@H]5C=C[C@@H]([C@H]6C[C@@H]56)[C@@H]4C3=O)cc2Cl)cc1. The van der Waals surface area contributed by atoms with Crippen molar-refractivity contribution in [3.63, 3.8) is 0 Å². The Kier molecular flexibility index (Phi) is 5.01. The number of anilines is 1. The van der Waals surface area contributed by atoms with Gasteiger partial charge in [-0.2, -0.15) is 0 Å². The molecule has 0 spiro atoms. The molecule has 0 radical (unpaired) electrons. The number of halogens is 2. The van der Waals surface area contributed by atoms with Crippen LogP contribution < -0.4 is 14.4 Å². The van der Waals surface area contributed by atoms with Crippen molar-refractivity contribution in [2.75, 3.05) is 18.6 Å². The van der Waals surface area contributed by atoms with Gasteiger partial charge in [0, 0.05) is 5.56 Å². The highest BCUT2D eigenvalue weighted by Crippen LogP contribution is 2.65. The zero-order chi connectivity index (χ0) is 23.7. The lowest BCUT2D eigenvalue weighted by atomic mass is 9.63. The number of methoxy groups -OCH3 is 1. The van der Waals surface area contributed by atoms with Crippen LogP contribution in [0, 0.1) is 35.5 Å². The summed E-state index contributed by atoms with van der Waals surface area (Å²) < 4.78 is 10.7. The van der Waals surface area contributed by atoms with E-state index in [1.165, 1.54) is 17.0 Å². The number of amides is 2. The van der Waals surface area contributed by atoms with E-state index in [9.17, 15) is 14.4 Å². The molecule has 6 nitrogen and oxygen atoms in total. The number of Topliss-reactive ketones (excluding diaryl/α,β-unsaturated/α-hetero) is 1. The van der Waals surface area contributed by atoms with Crippen molar-refractivity contribution in [1.29, 1.82) is 0 Å². The molecule has 2 aromatic carbocycles. The molecule has 6 atom stereocenters. The molecule has 174 valence electrons. The van der Waals surface area contributed by atoms with Gasteiger partial charge in [0.05, 0.1) is 34.7 Å². The predicted molar refractivity (Wildman–Crippen MR) is 126 cm³/mol. The van der Waals surface area contributed by atoms with Crippen LogP contribution in [0.4, 0.5) is 5.69 Å². The second-order valence-corrected chi connectivity index (χ2v) is 10.2. The van der Waals surface area contributed by atoms with E-state index in [1.54, 1.807) is 31.4 Å². The number of carbonyl (C=O) groups excluding carboxylic acids is 3. The largest absolute Gasteiger partial charge is 0.497 e. The van der Waals surface area contributed by atoms with Gasteiger partial charge in [-0.15, -0.1) is 0 Å². The molecule has 3 fully saturated rings. The Balaban J connectivity index is 1.21. The van der Waals surface area contributed by atoms with Crippen LogP contribution in [0.1, 0.15) is 16.8 Å². The first-order valence-corrected chi connectivity index (χ1v) is 12.0. The Labute approximate surface area is 206 Å². The predicted octanol–water partition coefficient (Wildman–Crippen LogP) is 4.82. The molecule has 1 heterocycles. The fourth-order valence-electron chi connectivity index (χ4n) is 6.02. The number of ether oxygens (including phenoxy) is 2. The minimum Gasteiger partial charge on any atom is -0.497 e. The summed E-state index contributed by atoms with van der Waals surface area (Å²) in [5.41, 5.74) is 0.795. The molecular formula is C26H21Cl2NO5. The monoisotopic (exact) mass is 497 g/mol. The Hall–Kier alpha value is -2.83. The number of rotatable bonds is 6. The molecule has 4 aliphatic carbocycles. The molecule has 0 N–H and O–H groups in total. The standard InChI is InChI=1S/C26H21Cl2NO5/c1-33-14-4-2-12(3-5-14)21(30)11-34-24-19(27)8-13(9-20(24)28)29-25(31)22-15-6-7-16(18-10-17(15)18)23(22)26(29)32/h2-9,15-18,22-23H,10-11H2,1H3/t15-,16+,17+,18-,22-,23+. The minimum absolute atomic E-state index is 0.129. The summed E-state index contributed by atoms with van der Waals surface area (Å²) in [6, 6.07) is 9.68. The number of imide groups is 1. The number of nitrogens with zero attached hydrogens (tertiary/aromatic N) is 1. The molecule has 2 aromatic rings. The maximum Gasteiger partial charge on any atom is 0.238 e. The summed E-state index contributed by atoms with van der Waals surface area (Å²) in [5.74, 6) is 0.874. The van der Waals surface area contributed by atoms with E-state index in [2.05, 4.69) is 12.2 Å². The average Bonchev–Trinajstić information content (AvgIpc) is 3.61. The number of hydrogen-bond acceptors (Lipinski definition) is 5. The Bertz CT molecular complexity index is 1200. The van der Waals surface area contributed by atoms with E-state index in [0.717, 1.165) is 6.42 Å². The first-order valence-electron chi connectivity index (χ1n) is 11.2. The number of benzene rings is 2. The van der Waals surface area contributed by atoms with Crippen LogP contribution in [0.15, 0.2) is 48.6 Å². The third-order valence-electron chi connectivity index (χ3n) is 7.66. The summed E-state index contributed by atoms with van der Waals surface area (Å²) in [4.78, 5) is 40.4. The van der Waals surface area contributed by atoms with Crippen molar-refractivity contribution in [3.8, 4) is 11.5 Å². The molecule has 2 saturated carbocycles. The fourth-order valence-corrected chi connectivity index (χ4v) is 6.61. The zero-order valence-electron chi connectivity index (χ0n) is 18.2. The van der Waals surface area contributed by atoms with Crippen molar-refractivity contribution in [2.45, 2.75) is 6.42 Å². The van der Waals surface area contributed by atoms with Gasteiger partial charge in [0.25, 0.3) is 0 Å². The Morgan fingerprint density at radius 3 is 2.06 bits per heavy atom. The lowest BCUT2D eigenvalue weighted by Crippen LogP contribution is -2.40. The first-order chi connectivity index (χ1) is 16.4. The third kappa shape index (κ3) is 3.19. The Morgan fingerprint density at radius 2 is 1.53 bits per heavy atom. The molecule has 1 saturated heterocycles. The summed E-state index contributed by atoms with van der Waals surface area (Å²) >= 11 is 12.9. The number of hydrogen-bond donors (Lipinski definition) is 0. The molecule has 0 unspecified atom stereocenters. The fraction of sp³-hybridized carbons (Fsp3) is 0.346. The van der Waals surface area contributed by atoms with Crippen molar-refractivity contribution in [2.24, 2.45) is 35.5 Å². The van der Waals surface area contributed by atoms with Crippen LogP contribution in [0.25, 0.3) is 0 Å². The molecule has 8 heteroatoms. The van der Waals surface area contributed by atoms with Gasteiger partial charge in [-0.3, -0.25) is 14.4 Å². The number of ketones is 1. The van der Waals surface area contributed by atoms with Gasteiger partial charge >= 0.3 is 0 Å². The van der Waals surface area contributed by atoms with Gasteiger partial charge in [0.15, 0.2) is 18.1 Å². The van der Waals surface area contributed by atoms with E-state index < -0.39 is 0 Å². The maximum absolute atomic E-state index is 13.3. The molecule has 0 aromatic heterocycles. The van der Waals surface area contributed by atoms with Crippen LogP contribution in [0.5, 0.6) is 11.5 Å². The minimum atomic E-state index is -0.304. The van der Waals surface area contributed by atoms with Crippen molar-refractivity contribution < 1.29 is 23.9 Å². The number of carbonyl (C=O) groups is 3. The highest BCUT2D eigenvalue weighted by molar-refractivity contribution is 6.38. The summed E-state index contributed by atoms with van der Waals surface area (Å²) in [6.45, 7) is -0.269. The Morgan fingerprint density at radius 1 is 0.971 bits per heavy atom. The van der Waals surface area contributed by atoms with E-state index in [-0.39, 0.29) is 63.7 Å². The lowest BCUT2D eigenvalue weighted by Gasteiger charge is -2.37. The smallest absolute Gasteiger partial charge is 0.238 e. The summed E-state index contributed by atoms with van der Waals surface area (Å²) in [7, 11) is 1.55. The van der Waals surface area contributed by atoms with Crippen LogP contribution in [0.3, 0.4) is 0 Å². The van der Waals surface area contributed by atoms with Gasteiger partial charge in [-0.25, -0.2) is 4.90 Å². The van der Waals surface area contributed by atoms with Gasteiger partial charge in [0.2, 0.25) is 11.8 Å². The summed E-state index contributed by atoms with van der Waals surface area (Å²) in [5, 5.41) is 0.258. The van der Waals surface area contributed by atoms with Gasteiger partial charge in [0.1, 0.15) is 5.75 Å². The molecule has 5 aliphatic rings. The highest BCUT2D eigenvalue weighted by Gasteiger charge is 2.67. The first kappa shape index (κ1) is 21.7. The molecule has 7 rings (SSSR count). The van der Waals surface area contributed by atoms with Crippen LogP contribution in [-0.4, -0.2) is 31.3 Å². The van der Waals surface area contributed by atoms with Gasteiger partial charge < -0.3 is 9.47 Å². The van der Waals surface area contributed by atoms with Crippen molar-refractivity contribution in [1.82, 2.24) is 0 Å². The molecule has 2 bridgehead atoms. The van der Waals surface area contributed by atoms with Crippen molar-refractivity contribution in [3.05, 3.63) is 64.2 Å².